The molecule has 1 aliphatic heterocycles. The number of pyridine rings is 1. The van der Waals surface area contributed by atoms with Crippen molar-refractivity contribution in [2.24, 2.45) is 5.92 Å². The fourth-order valence-electron chi connectivity index (χ4n) is 4.44. The van der Waals surface area contributed by atoms with Gasteiger partial charge in [-0.3, -0.25) is 9.59 Å². The number of aromatic nitrogens is 2. The number of hydrogen-bond donors (Lipinski definition) is 0. The Kier molecular flexibility index (Phi) is 6.95. The van der Waals surface area contributed by atoms with Crippen molar-refractivity contribution in [3.05, 3.63) is 40.9 Å². The Labute approximate surface area is 187 Å². The molecule has 0 N–H and O–H groups in total. The summed E-state index contributed by atoms with van der Waals surface area (Å²) in [5.74, 6) is 2.24. The van der Waals surface area contributed by atoms with E-state index >= 15 is 0 Å². The average Bonchev–Trinajstić information content (AvgIpc) is 3.41. The fourth-order valence-corrected chi connectivity index (χ4v) is 5.58. The monoisotopic (exact) mass is 442 g/mol. The predicted molar refractivity (Wildman–Crippen MR) is 119 cm³/mol. The van der Waals surface area contributed by atoms with E-state index in [1.54, 1.807) is 12.3 Å². The van der Waals surface area contributed by atoms with E-state index in [2.05, 4.69) is 10.1 Å². The van der Waals surface area contributed by atoms with Crippen molar-refractivity contribution in [1.82, 2.24) is 19.9 Å². The second-order valence-electron chi connectivity index (χ2n) is 8.48. The zero-order valence-electron chi connectivity index (χ0n) is 18.3. The van der Waals surface area contributed by atoms with Gasteiger partial charge in [0.2, 0.25) is 5.91 Å². The highest BCUT2D eigenvalue weighted by molar-refractivity contribution is 7.98. The van der Waals surface area contributed by atoms with Crippen molar-refractivity contribution >= 4 is 23.6 Å². The van der Waals surface area contributed by atoms with Crippen molar-refractivity contribution in [3.63, 3.8) is 0 Å². The highest BCUT2D eigenvalue weighted by Gasteiger charge is 2.28. The Morgan fingerprint density at radius 1 is 1.13 bits per heavy atom. The summed E-state index contributed by atoms with van der Waals surface area (Å²) in [6, 6.07) is 3.64. The molecule has 2 amide bonds. The van der Waals surface area contributed by atoms with Gasteiger partial charge >= 0.3 is 0 Å². The van der Waals surface area contributed by atoms with Gasteiger partial charge in [0.25, 0.3) is 5.91 Å². The van der Waals surface area contributed by atoms with Crippen LogP contribution in [0.15, 0.2) is 27.9 Å². The minimum atomic E-state index is -0.0164. The topological polar surface area (TPSA) is 79.5 Å². The number of rotatable bonds is 6. The number of aryl methyl sites for hydroxylation is 2. The van der Waals surface area contributed by atoms with E-state index in [1.807, 2.05) is 29.7 Å². The van der Waals surface area contributed by atoms with Gasteiger partial charge in [-0.25, -0.2) is 4.98 Å². The van der Waals surface area contributed by atoms with Gasteiger partial charge in [0.05, 0.1) is 11.3 Å². The molecular weight excluding hydrogens is 412 g/mol. The Bertz CT molecular complexity index is 911. The van der Waals surface area contributed by atoms with Crippen LogP contribution < -0.4 is 0 Å². The summed E-state index contributed by atoms with van der Waals surface area (Å²) in [6.07, 6.45) is 7.24. The lowest BCUT2D eigenvalue weighted by Crippen LogP contribution is -2.50. The van der Waals surface area contributed by atoms with E-state index in [-0.39, 0.29) is 11.8 Å². The zero-order chi connectivity index (χ0) is 21.8. The Morgan fingerprint density at radius 3 is 2.52 bits per heavy atom. The van der Waals surface area contributed by atoms with Crippen LogP contribution in [0.1, 0.15) is 59.5 Å². The van der Waals surface area contributed by atoms with Crippen molar-refractivity contribution in [2.45, 2.75) is 56.7 Å². The normalized spacial score (nSPS) is 17.4. The smallest absolute Gasteiger partial charge is 0.256 e. The molecule has 0 spiro atoms. The van der Waals surface area contributed by atoms with E-state index in [0.717, 1.165) is 17.0 Å². The molecule has 31 heavy (non-hydrogen) atoms. The number of carbonyl (C=O) groups is 2. The number of amides is 2. The summed E-state index contributed by atoms with van der Waals surface area (Å²) in [7, 11) is 0. The van der Waals surface area contributed by atoms with Gasteiger partial charge in [-0.2, -0.15) is 0 Å². The van der Waals surface area contributed by atoms with Crippen molar-refractivity contribution in [2.75, 3.05) is 26.2 Å². The third kappa shape index (κ3) is 5.11. The van der Waals surface area contributed by atoms with E-state index in [1.165, 1.54) is 37.4 Å². The third-order valence-electron chi connectivity index (χ3n) is 6.39. The second-order valence-corrected chi connectivity index (χ2v) is 9.44. The first-order chi connectivity index (χ1) is 15.0. The molecule has 3 heterocycles. The van der Waals surface area contributed by atoms with Gasteiger partial charge < -0.3 is 14.3 Å². The van der Waals surface area contributed by atoms with Crippen LogP contribution in [-0.2, 0) is 10.5 Å². The molecule has 1 aliphatic carbocycles. The maximum atomic E-state index is 13.2. The molecule has 0 radical (unpaired) electrons. The molecule has 166 valence electrons. The molecule has 4 rings (SSSR count). The summed E-state index contributed by atoms with van der Waals surface area (Å²) in [5, 5.41) is 4.71. The SMILES string of the molecule is Cc1noc(C)c1CSc1ncccc1C(=O)N1CCN(C(=O)CC2CCCC2)CC1. The molecule has 0 bridgehead atoms. The molecule has 0 unspecified atom stereocenters. The van der Waals surface area contributed by atoms with Gasteiger partial charge in [0.1, 0.15) is 10.8 Å². The maximum absolute atomic E-state index is 13.2. The minimum Gasteiger partial charge on any atom is -0.361 e. The molecule has 0 atom stereocenters. The highest BCUT2D eigenvalue weighted by Crippen LogP contribution is 2.29. The first-order valence-corrected chi connectivity index (χ1v) is 12.1. The average molecular weight is 443 g/mol. The molecule has 8 heteroatoms. The number of nitrogens with zero attached hydrogens (tertiary/aromatic N) is 4. The molecule has 0 aromatic carbocycles. The van der Waals surface area contributed by atoms with Crippen molar-refractivity contribution in [1.29, 1.82) is 0 Å². The molecular formula is C23H30N4O3S. The van der Waals surface area contributed by atoms with E-state index < -0.39 is 0 Å². The zero-order valence-corrected chi connectivity index (χ0v) is 19.1. The molecule has 7 nitrogen and oxygen atoms in total. The fraction of sp³-hybridized carbons (Fsp3) is 0.565. The summed E-state index contributed by atoms with van der Waals surface area (Å²) in [4.78, 5) is 34.0. The van der Waals surface area contributed by atoms with Crippen molar-refractivity contribution < 1.29 is 14.1 Å². The molecule has 1 saturated carbocycles. The summed E-state index contributed by atoms with van der Waals surface area (Å²) < 4.78 is 5.24. The third-order valence-corrected chi connectivity index (χ3v) is 7.43. The summed E-state index contributed by atoms with van der Waals surface area (Å²) in [5.41, 5.74) is 2.53. The first-order valence-electron chi connectivity index (χ1n) is 11.1. The number of carbonyl (C=O) groups excluding carboxylic acids is 2. The van der Waals surface area contributed by atoms with Crippen LogP contribution in [0, 0.1) is 19.8 Å². The lowest BCUT2D eigenvalue weighted by atomic mass is 10.0. The van der Waals surface area contributed by atoms with E-state index in [4.69, 9.17) is 4.52 Å². The minimum absolute atomic E-state index is 0.0164. The number of thioether (sulfide) groups is 1. The van der Waals surface area contributed by atoms with Crippen LogP contribution in [0.25, 0.3) is 0 Å². The lowest BCUT2D eigenvalue weighted by molar-refractivity contribution is -0.133. The molecule has 2 fully saturated rings. The van der Waals surface area contributed by atoms with E-state index in [9.17, 15) is 9.59 Å². The van der Waals surface area contributed by atoms with Crippen LogP contribution in [-0.4, -0.2) is 57.9 Å². The van der Waals surface area contributed by atoms with Gasteiger partial charge in [-0.05, 0) is 44.7 Å². The molecule has 1 saturated heterocycles. The largest absolute Gasteiger partial charge is 0.361 e. The standard InChI is InChI=1S/C23H30N4O3S/c1-16-20(17(2)30-25-16)15-31-22-19(8-5-9-24-22)23(29)27-12-10-26(11-13-27)21(28)14-18-6-3-4-7-18/h5,8-9,18H,3-4,6-7,10-15H2,1-2H3. The highest BCUT2D eigenvalue weighted by atomic mass is 32.2. The van der Waals surface area contributed by atoms with Crippen LogP contribution in [0.3, 0.4) is 0 Å². The molecule has 2 aliphatic rings. The Hall–Kier alpha value is -2.35. The lowest BCUT2D eigenvalue weighted by Gasteiger charge is -2.35. The summed E-state index contributed by atoms with van der Waals surface area (Å²) >= 11 is 1.53. The second kappa shape index (κ2) is 9.85. The predicted octanol–water partition coefficient (Wildman–Crippen LogP) is 3.84. The van der Waals surface area contributed by atoms with Crippen LogP contribution in [0.2, 0.25) is 0 Å². The Balaban J connectivity index is 1.35. The quantitative estimate of drug-likeness (QED) is 0.633. The number of piperazine rings is 1. The first kappa shape index (κ1) is 21.9. The van der Waals surface area contributed by atoms with Gasteiger partial charge in [0.15, 0.2) is 0 Å². The number of hydrogen-bond acceptors (Lipinski definition) is 6. The van der Waals surface area contributed by atoms with Crippen molar-refractivity contribution in [3.8, 4) is 0 Å². The molecule has 2 aromatic rings. The maximum Gasteiger partial charge on any atom is 0.256 e. The van der Waals surface area contributed by atoms with Gasteiger partial charge in [0, 0.05) is 50.1 Å². The van der Waals surface area contributed by atoms with Crippen LogP contribution in [0.5, 0.6) is 0 Å². The van der Waals surface area contributed by atoms with Crippen LogP contribution >= 0.6 is 11.8 Å². The van der Waals surface area contributed by atoms with Gasteiger partial charge in [-0.15, -0.1) is 11.8 Å². The summed E-state index contributed by atoms with van der Waals surface area (Å²) in [6.45, 7) is 6.17. The molecule has 2 aromatic heterocycles. The van der Waals surface area contributed by atoms with E-state index in [0.29, 0.717) is 54.9 Å². The Morgan fingerprint density at radius 2 is 1.84 bits per heavy atom. The van der Waals surface area contributed by atoms with Gasteiger partial charge in [-0.1, -0.05) is 18.0 Å². The van der Waals surface area contributed by atoms with Crippen LogP contribution in [0.4, 0.5) is 0 Å².